The number of halogens is 1. The summed E-state index contributed by atoms with van der Waals surface area (Å²) < 4.78 is 13.6. The van der Waals surface area contributed by atoms with Crippen molar-refractivity contribution in [3.8, 4) is 0 Å². The third-order valence-corrected chi connectivity index (χ3v) is 5.91. The Bertz CT molecular complexity index is 1090. The predicted molar refractivity (Wildman–Crippen MR) is 110 cm³/mol. The Hall–Kier alpha value is -3.10. The molecular formula is C22H22FN5O2. The zero-order chi connectivity index (χ0) is 20.7. The number of H-pyrrole nitrogens is 1. The van der Waals surface area contributed by atoms with E-state index >= 15 is 0 Å². The van der Waals surface area contributed by atoms with Crippen LogP contribution in [0.3, 0.4) is 0 Å². The summed E-state index contributed by atoms with van der Waals surface area (Å²) in [4.78, 5) is 29.9. The van der Waals surface area contributed by atoms with Crippen molar-refractivity contribution >= 4 is 22.7 Å². The molecule has 0 aliphatic carbocycles. The summed E-state index contributed by atoms with van der Waals surface area (Å²) in [7, 11) is 0. The molecule has 1 aromatic heterocycles. The van der Waals surface area contributed by atoms with Gasteiger partial charge in [0.2, 0.25) is 0 Å². The van der Waals surface area contributed by atoms with Crippen molar-refractivity contribution in [3.63, 3.8) is 0 Å². The summed E-state index contributed by atoms with van der Waals surface area (Å²) >= 11 is 0. The smallest absolute Gasteiger partial charge is 0.261 e. The number of rotatable bonds is 5. The van der Waals surface area contributed by atoms with E-state index in [2.05, 4.69) is 20.4 Å². The predicted octanol–water partition coefficient (Wildman–Crippen LogP) is 1.81. The third kappa shape index (κ3) is 3.28. The molecule has 30 heavy (non-hydrogen) atoms. The SMILES string of the molecule is O=C1c2ccccc2C(=O)N1C(Cc1[nH]nc2cc(F)ccc12)CN1CCNCC1. The van der Waals surface area contributed by atoms with Gasteiger partial charge in [0, 0.05) is 56.3 Å². The van der Waals surface area contributed by atoms with Crippen LogP contribution in [0.4, 0.5) is 4.39 Å². The van der Waals surface area contributed by atoms with Crippen LogP contribution in [0.5, 0.6) is 0 Å². The Labute approximate surface area is 172 Å². The number of carbonyl (C=O) groups excluding carboxylic acids is 2. The number of carbonyl (C=O) groups is 2. The lowest BCUT2D eigenvalue weighted by atomic mass is 10.1. The Morgan fingerprint density at radius 1 is 1.03 bits per heavy atom. The van der Waals surface area contributed by atoms with Crippen LogP contribution in [-0.4, -0.2) is 70.6 Å². The quantitative estimate of drug-likeness (QED) is 0.631. The number of fused-ring (bicyclic) bond motifs is 2. The van der Waals surface area contributed by atoms with E-state index < -0.39 is 0 Å². The van der Waals surface area contributed by atoms with Crippen molar-refractivity contribution in [2.45, 2.75) is 12.5 Å². The first-order chi connectivity index (χ1) is 14.6. The van der Waals surface area contributed by atoms with Gasteiger partial charge in [-0.2, -0.15) is 5.10 Å². The van der Waals surface area contributed by atoms with Crippen LogP contribution in [-0.2, 0) is 6.42 Å². The lowest BCUT2D eigenvalue weighted by molar-refractivity contribution is 0.0536. The summed E-state index contributed by atoms with van der Waals surface area (Å²) in [6.07, 6.45) is 0.428. The van der Waals surface area contributed by atoms with E-state index in [-0.39, 0.29) is 23.7 Å². The minimum absolute atomic E-state index is 0.259. The summed E-state index contributed by atoms with van der Waals surface area (Å²) in [5.41, 5.74) is 2.23. The van der Waals surface area contributed by atoms with Gasteiger partial charge in [0.1, 0.15) is 5.82 Å². The summed E-state index contributed by atoms with van der Waals surface area (Å²) in [5, 5.41) is 11.3. The van der Waals surface area contributed by atoms with Gasteiger partial charge in [-0.15, -0.1) is 0 Å². The Morgan fingerprint density at radius 3 is 2.43 bits per heavy atom. The average Bonchev–Trinajstić information content (AvgIpc) is 3.27. The zero-order valence-corrected chi connectivity index (χ0v) is 16.4. The van der Waals surface area contributed by atoms with Crippen molar-refractivity contribution < 1.29 is 14.0 Å². The van der Waals surface area contributed by atoms with Gasteiger partial charge in [0.25, 0.3) is 11.8 Å². The number of piperazine rings is 1. The molecule has 3 heterocycles. The number of nitrogens with zero attached hydrogens (tertiary/aromatic N) is 3. The molecule has 0 bridgehead atoms. The molecule has 8 heteroatoms. The van der Waals surface area contributed by atoms with Gasteiger partial charge in [-0.05, 0) is 24.3 Å². The monoisotopic (exact) mass is 407 g/mol. The molecule has 154 valence electrons. The molecule has 1 fully saturated rings. The minimum Gasteiger partial charge on any atom is -0.314 e. The van der Waals surface area contributed by atoms with Crippen molar-refractivity contribution in [2.75, 3.05) is 32.7 Å². The highest BCUT2D eigenvalue weighted by Gasteiger charge is 2.40. The van der Waals surface area contributed by atoms with Gasteiger partial charge in [0.05, 0.1) is 22.7 Å². The number of aromatic nitrogens is 2. The highest BCUT2D eigenvalue weighted by molar-refractivity contribution is 6.21. The molecule has 2 aromatic carbocycles. The third-order valence-electron chi connectivity index (χ3n) is 5.91. The molecule has 3 aromatic rings. The lowest BCUT2D eigenvalue weighted by Crippen LogP contribution is -2.52. The minimum atomic E-state index is -0.357. The molecule has 2 aliphatic heterocycles. The zero-order valence-electron chi connectivity index (χ0n) is 16.4. The molecule has 2 amide bonds. The molecule has 5 rings (SSSR count). The van der Waals surface area contributed by atoms with E-state index in [1.54, 1.807) is 30.3 Å². The number of hydrogen-bond donors (Lipinski definition) is 2. The van der Waals surface area contributed by atoms with Gasteiger partial charge < -0.3 is 5.32 Å². The van der Waals surface area contributed by atoms with Crippen LogP contribution in [0.2, 0.25) is 0 Å². The highest BCUT2D eigenvalue weighted by Crippen LogP contribution is 2.27. The van der Waals surface area contributed by atoms with Crippen LogP contribution in [0.25, 0.3) is 10.9 Å². The lowest BCUT2D eigenvalue weighted by Gasteiger charge is -2.34. The highest BCUT2D eigenvalue weighted by atomic mass is 19.1. The number of amides is 2. The first kappa shape index (κ1) is 18.9. The standard InChI is InChI=1S/C22H22FN5O2/c23-14-5-6-18-19(11-14)25-26-20(18)12-15(13-27-9-7-24-8-10-27)28-21(29)16-3-1-2-4-17(16)22(28)30/h1-6,11,15,24H,7-10,12-13H2,(H,25,26). The maximum atomic E-state index is 13.6. The van der Waals surface area contributed by atoms with Crippen LogP contribution in [0, 0.1) is 5.82 Å². The van der Waals surface area contributed by atoms with E-state index in [0.717, 1.165) is 37.3 Å². The molecule has 1 atom stereocenters. The fourth-order valence-corrected chi connectivity index (χ4v) is 4.40. The fraction of sp³-hybridized carbons (Fsp3) is 0.318. The molecule has 1 saturated heterocycles. The number of imide groups is 1. The molecule has 2 aliphatic rings. The molecule has 7 nitrogen and oxygen atoms in total. The van der Waals surface area contributed by atoms with E-state index in [9.17, 15) is 14.0 Å². The molecule has 0 saturated carbocycles. The number of aromatic amines is 1. The topological polar surface area (TPSA) is 81.3 Å². The number of benzene rings is 2. The van der Waals surface area contributed by atoms with Crippen LogP contribution >= 0.6 is 0 Å². The summed E-state index contributed by atoms with van der Waals surface area (Å²) in [6, 6.07) is 11.1. The van der Waals surface area contributed by atoms with Gasteiger partial charge >= 0.3 is 0 Å². The van der Waals surface area contributed by atoms with E-state index in [4.69, 9.17) is 0 Å². The average molecular weight is 407 g/mol. The second-order valence-corrected chi connectivity index (χ2v) is 7.80. The molecule has 0 spiro atoms. The number of nitrogens with one attached hydrogen (secondary N) is 2. The second-order valence-electron chi connectivity index (χ2n) is 7.80. The summed E-state index contributed by atoms with van der Waals surface area (Å²) in [6.45, 7) is 4.04. The van der Waals surface area contributed by atoms with Crippen molar-refractivity contribution in [1.82, 2.24) is 25.3 Å². The van der Waals surface area contributed by atoms with Crippen molar-refractivity contribution in [3.05, 3.63) is 65.1 Å². The first-order valence-corrected chi connectivity index (χ1v) is 10.1. The normalized spacial score (nSPS) is 18.2. The van der Waals surface area contributed by atoms with Gasteiger partial charge in [0.15, 0.2) is 0 Å². The first-order valence-electron chi connectivity index (χ1n) is 10.1. The summed E-state index contributed by atoms with van der Waals surface area (Å²) in [5.74, 6) is -0.866. The number of hydrogen-bond acceptors (Lipinski definition) is 5. The molecule has 2 N–H and O–H groups in total. The fourth-order valence-electron chi connectivity index (χ4n) is 4.40. The molecular weight excluding hydrogens is 385 g/mol. The van der Waals surface area contributed by atoms with Crippen LogP contribution in [0.1, 0.15) is 26.4 Å². The Morgan fingerprint density at radius 2 is 1.73 bits per heavy atom. The van der Waals surface area contributed by atoms with E-state index in [0.29, 0.717) is 29.6 Å². The largest absolute Gasteiger partial charge is 0.314 e. The maximum absolute atomic E-state index is 13.6. The molecule has 0 radical (unpaired) electrons. The van der Waals surface area contributed by atoms with Gasteiger partial charge in [-0.1, -0.05) is 12.1 Å². The van der Waals surface area contributed by atoms with Crippen LogP contribution in [0.15, 0.2) is 42.5 Å². The Kier molecular flexibility index (Phi) is 4.80. The van der Waals surface area contributed by atoms with Crippen molar-refractivity contribution in [1.29, 1.82) is 0 Å². The van der Waals surface area contributed by atoms with Crippen LogP contribution < -0.4 is 5.32 Å². The second kappa shape index (κ2) is 7.62. The van der Waals surface area contributed by atoms with Gasteiger partial charge in [-0.25, -0.2) is 4.39 Å². The van der Waals surface area contributed by atoms with E-state index in [1.165, 1.54) is 17.0 Å². The van der Waals surface area contributed by atoms with Crippen molar-refractivity contribution in [2.24, 2.45) is 0 Å². The van der Waals surface area contributed by atoms with Gasteiger partial charge in [-0.3, -0.25) is 24.5 Å². The Balaban J connectivity index is 1.49. The molecule has 1 unspecified atom stereocenters. The maximum Gasteiger partial charge on any atom is 0.261 e. The van der Waals surface area contributed by atoms with E-state index in [1.807, 2.05) is 0 Å².